The number of anilines is 2. The third-order valence-electron chi connectivity index (χ3n) is 4.17. The summed E-state index contributed by atoms with van der Waals surface area (Å²) < 4.78 is 10.8. The van der Waals surface area contributed by atoms with E-state index in [1.54, 1.807) is 12.1 Å². The number of fused-ring (bicyclic) bond motifs is 1. The summed E-state index contributed by atoms with van der Waals surface area (Å²) >= 11 is 6.21. The number of carbonyl (C=O) groups excluding carboxylic acids is 2. The molecule has 0 atom stereocenters. The second-order valence-corrected chi connectivity index (χ2v) is 5.97. The summed E-state index contributed by atoms with van der Waals surface area (Å²) in [7, 11) is 1.54. The largest absolute Gasteiger partial charge is 0.482 e. The zero-order valence-electron chi connectivity index (χ0n) is 12.7. The van der Waals surface area contributed by atoms with E-state index < -0.39 is 5.60 Å². The van der Waals surface area contributed by atoms with E-state index in [1.807, 2.05) is 0 Å². The lowest BCUT2D eigenvalue weighted by atomic mass is 9.91. The Hall–Kier alpha value is -1.83. The van der Waals surface area contributed by atoms with Crippen molar-refractivity contribution in [3.63, 3.8) is 0 Å². The van der Waals surface area contributed by atoms with Gasteiger partial charge in [-0.05, 0) is 32.0 Å². The predicted octanol–water partition coefficient (Wildman–Crippen LogP) is 1.38. The maximum atomic E-state index is 12.7. The van der Waals surface area contributed by atoms with Crippen molar-refractivity contribution in [1.82, 2.24) is 5.32 Å². The zero-order chi connectivity index (χ0) is 16.4. The summed E-state index contributed by atoms with van der Waals surface area (Å²) in [6.07, 6.45) is 1.18. The molecule has 0 saturated carbocycles. The van der Waals surface area contributed by atoms with Gasteiger partial charge < -0.3 is 25.4 Å². The summed E-state index contributed by atoms with van der Waals surface area (Å²) in [5.41, 5.74) is 0.0635. The van der Waals surface area contributed by atoms with Gasteiger partial charge in [-0.15, -0.1) is 0 Å². The maximum Gasteiger partial charge on any atom is 0.262 e. The molecule has 3 N–H and O–H groups in total. The lowest BCUT2D eigenvalue weighted by Crippen LogP contribution is -2.51. The summed E-state index contributed by atoms with van der Waals surface area (Å²) in [5.74, 6) is 0.00247. The second-order valence-electron chi connectivity index (χ2n) is 5.57. The van der Waals surface area contributed by atoms with Crippen LogP contribution in [0, 0.1) is 0 Å². The number of hydrogen-bond acceptors (Lipinski definition) is 5. The van der Waals surface area contributed by atoms with Crippen molar-refractivity contribution in [3.05, 3.63) is 17.2 Å². The first-order valence-electron chi connectivity index (χ1n) is 7.37. The average molecular weight is 340 g/mol. The van der Waals surface area contributed by atoms with Gasteiger partial charge in [-0.3, -0.25) is 9.59 Å². The molecule has 2 amide bonds. The van der Waals surface area contributed by atoms with Crippen LogP contribution in [0.4, 0.5) is 11.4 Å². The SMILES string of the molecule is COC1(C(=O)Nc2cc3c(cc2Cl)NC(=O)CO3)CCNCC1. The van der Waals surface area contributed by atoms with Crippen LogP contribution < -0.4 is 20.7 Å². The molecule has 8 heteroatoms. The Morgan fingerprint density at radius 1 is 1.39 bits per heavy atom. The van der Waals surface area contributed by atoms with E-state index in [1.165, 1.54) is 7.11 Å². The minimum Gasteiger partial charge on any atom is -0.482 e. The highest BCUT2D eigenvalue weighted by atomic mass is 35.5. The number of hydrogen-bond donors (Lipinski definition) is 3. The summed E-state index contributed by atoms with van der Waals surface area (Å²) in [5, 5.41) is 9.01. The van der Waals surface area contributed by atoms with Crippen LogP contribution in [0.15, 0.2) is 12.1 Å². The van der Waals surface area contributed by atoms with Crippen molar-refractivity contribution in [2.45, 2.75) is 18.4 Å². The van der Waals surface area contributed by atoms with Crippen LogP contribution in [-0.4, -0.2) is 44.2 Å². The van der Waals surface area contributed by atoms with Gasteiger partial charge in [0.05, 0.1) is 16.4 Å². The Labute approximate surface area is 138 Å². The Bertz CT molecular complexity index is 644. The molecule has 0 aromatic heterocycles. The number of nitrogens with one attached hydrogen (secondary N) is 3. The fourth-order valence-corrected chi connectivity index (χ4v) is 3.00. The maximum absolute atomic E-state index is 12.7. The van der Waals surface area contributed by atoms with E-state index in [2.05, 4.69) is 16.0 Å². The van der Waals surface area contributed by atoms with Gasteiger partial charge in [-0.1, -0.05) is 11.6 Å². The highest BCUT2D eigenvalue weighted by molar-refractivity contribution is 6.34. The van der Waals surface area contributed by atoms with Gasteiger partial charge in [-0.25, -0.2) is 0 Å². The molecule has 1 aromatic rings. The Morgan fingerprint density at radius 3 is 2.83 bits per heavy atom. The van der Waals surface area contributed by atoms with Gasteiger partial charge in [0.1, 0.15) is 11.4 Å². The van der Waals surface area contributed by atoms with Crippen LogP contribution in [0.25, 0.3) is 0 Å². The molecule has 2 heterocycles. The molecule has 1 saturated heterocycles. The first kappa shape index (κ1) is 16.0. The van der Waals surface area contributed by atoms with Crippen molar-refractivity contribution < 1.29 is 19.1 Å². The van der Waals surface area contributed by atoms with Crippen molar-refractivity contribution in [2.75, 3.05) is 37.4 Å². The third kappa shape index (κ3) is 3.12. The topological polar surface area (TPSA) is 88.7 Å². The average Bonchev–Trinajstić information content (AvgIpc) is 2.56. The molecule has 0 bridgehead atoms. The third-order valence-corrected chi connectivity index (χ3v) is 4.48. The molecule has 0 aliphatic carbocycles. The number of piperidine rings is 1. The van der Waals surface area contributed by atoms with E-state index in [-0.39, 0.29) is 18.4 Å². The standard InChI is InChI=1S/C15H18ClN3O4/c1-22-15(2-4-17-5-3-15)14(21)19-10-7-12-11(6-9(10)16)18-13(20)8-23-12/h6-7,17H,2-5,8H2,1H3,(H,18,20)(H,19,21). The highest BCUT2D eigenvalue weighted by Gasteiger charge is 2.40. The summed E-state index contributed by atoms with van der Waals surface area (Å²) in [4.78, 5) is 24.0. The fraction of sp³-hybridized carbons (Fsp3) is 0.467. The first-order chi connectivity index (χ1) is 11.0. The molecule has 23 heavy (non-hydrogen) atoms. The predicted molar refractivity (Wildman–Crippen MR) is 86.1 cm³/mol. The molecule has 1 fully saturated rings. The molecule has 124 valence electrons. The van der Waals surface area contributed by atoms with Gasteiger partial charge in [0.15, 0.2) is 6.61 Å². The minimum atomic E-state index is -0.862. The molecule has 3 rings (SSSR count). The number of halogens is 1. The van der Waals surface area contributed by atoms with Crippen LogP contribution >= 0.6 is 11.6 Å². The summed E-state index contributed by atoms with van der Waals surface area (Å²) in [6, 6.07) is 3.17. The van der Waals surface area contributed by atoms with Crippen LogP contribution in [0.2, 0.25) is 5.02 Å². The van der Waals surface area contributed by atoms with Gasteiger partial charge in [0.2, 0.25) is 0 Å². The first-order valence-corrected chi connectivity index (χ1v) is 7.75. The fourth-order valence-electron chi connectivity index (χ4n) is 2.79. The van der Waals surface area contributed by atoms with E-state index in [4.69, 9.17) is 21.1 Å². The van der Waals surface area contributed by atoms with E-state index in [9.17, 15) is 9.59 Å². The van der Waals surface area contributed by atoms with Crippen molar-refractivity contribution in [2.24, 2.45) is 0 Å². The Kier molecular flexibility index (Phi) is 4.43. The van der Waals surface area contributed by atoms with Gasteiger partial charge >= 0.3 is 0 Å². The molecule has 7 nitrogen and oxygen atoms in total. The number of carbonyl (C=O) groups is 2. The van der Waals surface area contributed by atoms with Crippen LogP contribution in [0.1, 0.15) is 12.8 Å². The molecule has 2 aliphatic rings. The molecule has 1 aromatic carbocycles. The number of ether oxygens (including phenoxy) is 2. The van der Waals surface area contributed by atoms with Gasteiger partial charge in [0, 0.05) is 13.2 Å². The monoisotopic (exact) mass is 339 g/mol. The minimum absolute atomic E-state index is 0.0598. The van der Waals surface area contributed by atoms with E-state index in [0.29, 0.717) is 48.1 Å². The molecule has 0 unspecified atom stereocenters. The normalized spacial score (nSPS) is 19.3. The molecule has 0 spiro atoms. The number of rotatable bonds is 3. The van der Waals surface area contributed by atoms with Crippen LogP contribution in [0.5, 0.6) is 5.75 Å². The van der Waals surface area contributed by atoms with Gasteiger partial charge in [-0.2, -0.15) is 0 Å². The number of benzene rings is 1. The Balaban J connectivity index is 1.82. The van der Waals surface area contributed by atoms with Gasteiger partial charge in [0.25, 0.3) is 11.8 Å². The second kappa shape index (κ2) is 6.35. The van der Waals surface area contributed by atoms with Crippen molar-refractivity contribution in [3.8, 4) is 5.75 Å². The highest BCUT2D eigenvalue weighted by Crippen LogP contribution is 2.37. The quantitative estimate of drug-likeness (QED) is 0.774. The van der Waals surface area contributed by atoms with E-state index in [0.717, 1.165) is 0 Å². The van der Waals surface area contributed by atoms with E-state index >= 15 is 0 Å². The summed E-state index contributed by atoms with van der Waals surface area (Å²) in [6.45, 7) is 1.37. The Morgan fingerprint density at radius 2 is 2.13 bits per heavy atom. The van der Waals surface area contributed by atoms with Crippen molar-refractivity contribution >= 4 is 34.8 Å². The molecule has 0 radical (unpaired) electrons. The smallest absolute Gasteiger partial charge is 0.262 e. The molecular formula is C15H18ClN3O4. The van der Waals surface area contributed by atoms with Crippen LogP contribution in [-0.2, 0) is 14.3 Å². The lowest BCUT2D eigenvalue weighted by Gasteiger charge is -2.35. The lowest BCUT2D eigenvalue weighted by molar-refractivity contribution is -0.140. The molecular weight excluding hydrogens is 322 g/mol. The molecule has 2 aliphatic heterocycles. The van der Waals surface area contributed by atoms with Crippen molar-refractivity contribution in [1.29, 1.82) is 0 Å². The number of amides is 2. The zero-order valence-corrected chi connectivity index (χ0v) is 13.5. The van der Waals surface area contributed by atoms with Crippen LogP contribution in [0.3, 0.4) is 0 Å². The number of methoxy groups -OCH3 is 1.